The Hall–Kier alpha value is -1.26. The molecule has 0 bridgehead atoms. The molecule has 1 heteroatoms. The van der Waals surface area contributed by atoms with Crippen molar-refractivity contribution in [3.63, 3.8) is 0 Å². The van der Waals surface area contributed by atoms with Gasteiger partial charge in [-0.15, -0.1) is 12.3 Å². The Kier molecular flexibility index (Phi) is 8.01. The lowest BCUT2D eigenvalue weighted by atomic mass is 10.0. The van der Waals surface area contributed by atoms with Crippen LogP contribution in [0.2, 0.25) is 0 Å². The second-order valence-electron chi connectivity index (χ2n) is 4.72. The zero-order valence-corrected chi connectivity index (χ0v) is 11.5. The standard InChI is InChI=1S/C17H25N/c1-3-5-7-11-15-18-17(14-6-4-2)16-12-9-8-10-13-16/h1,8-10,12-13,17-18H,4-7,11,14-15H2,2H3. The third-order valence-corrected chi connectivity index (χ3v) is 3.19. The summed E-state index contributed by atoms with van der Waals surface area (Å²) in [5.74, 6) is 2.69. The minimum atomic E-state index is 0.497. The first-order chi connectivity index (χ1) is 8.88. The first-order valence-electron chi connectivity index (χ1n) is 7.10. The Bertz CT molecular complexity index is 336. The minimum Gasteiger partial charge on any atom is -0.310 e. The van der Waals surface area contributed by atoms with Gasteiger partial charge >= 0.3 is 0 Å². The van der Waals surface area contributed by atoms with Gasteiger partial charge in [-0.3, -0.25) is 0 Å². The van der Waals surface area contributed by atoms with E-state index in [4.69, 9.17) is 6.42 Å². The number of nitrogens with one attached hydrogen (secondary N) is 1. The van der Waals surface area contributed by atoms with Crippen molar-refractivity contribution in [3.05, 3.63) is 35.9 Å². The molecule has 1 atom stereocenters. The molecule has 98 valence electrons. The SMILES string of the molecule is C#CCCCCNC(CCCC)c1ccccc1. The molecule has 0 aromatic heterocycles. The highest BCUT2D eigenvalue weighted by Gasteiger charge is 2.09. The summed E-state index contributed by atoms with van der Waals surface area (Å²) in [6.07, 6.45) is 12.2. The normalized spacial score (nSPS) is 12.0. The van der Waals surface area contributed by atoms with Crippen molar-refractivity contribution in [1.82, 2.24) is 5.32 Å². The van der Waals surface area contributed by atoms with E-state index in [1.54, 1.807) is 0 Å². The van der Waals surface area contributed by atoms with E-state index in [0.717, 1.165) is 19.4 Å². The molecule has 0 saturated heterocycles. The fourth-order valence-electron chi connectivity index (χ4n) is 2.11. The van der Waals surface area contributed by atoms with E-state index >= 15 is 0 Å². The van der Waals surface area contributed by atoms with Crippen LogP contribution in [0.15, 0.2) is 30.3 Å². The highest BCUT2D eigenvalue weighted by molar-refractivity contribution is 5.18. The smallest absolute Gasteiger partial charge is 0.0320 e. The first-order valence-corrected chi connectivity index (χ1v) is 7.10. The van der Waals surface area contributed by atoms with Gasteiger partial charge in [0.25, 0.3) is 0 Å². The molecule has 1 aromatic rings. The summed E-state index contributed by atoms with van der Waals surface area (Å²) in [7, 11) is 0. The molecule has 0 radical (unpaired) electrons. The summed E-state index contributed by atoms with van der Waals surface area (Å²) in [5, 5.41) is 3.66. The second kappa shape index (κ2) is 9.74. The summed E-state index contributed by atoms with van der Waals surface area (Å²) >= 11 is 0. The molecule has 0 saturated carbocycles. The lowest BCUT2D eigenvalue weighted by molar-refractivity contribution is 0.472. The maximum Gasteiger partial charge on any atom is 0.0320 e. The number of hydrogen-bond acceptors (Lipinski definition) is 1. The summed E-state index contributed by atoms with van der Waals surface area (Å²) in [4.78, 5) is 0. The van der Waals surface area contributed by atoms with Crippen molar-refractivity contribution in [3.8, 4) is 12.3 Å². The number of rotatable bonds is 9. The van der Waals surface area contributed by atoms with E-state index in [1.165, 1.54) is 31.2 Å². The predicted molar refractivity (Wildman–Crippen MR) is 79.4 cm³/mol. The van der Waals surface area contributed by atoms with Gasteiger partial charge in [0.1, 0.15) is 0 Å². The van der Waals surface area contributed by atoms with Crippen molar-refractivity contribution >= 4 is 0 Å². The van der Waals surface area contributed by atoms with Crippen LogP contribution in [0, 0.1) is 12.3 Å². The average Bonchev–Trinajstić information content (AvgIpc) is 2.43. The molecule has 0 heterocycles. The van der Waals surface area contributed by atoms with Crippen LogP contribution in [-0.4, -0.2) is 6.54 Å². The molecule has 1 aromatic carbocycles. The molecular weight excluding hydrogens is 218 g/mol. The van der Waals surface area contributed by atoms with Crippen LogP contribution >= 0.6 is 0 Å². The number of unbranched alkanes of at least 4 members (excludes halogenated alkanes) is 3. The summed E-state index contributed by atoms with van der Waals surface area (Å²) in [5.41, 5.74) is 1.41. The Labute approximate surface area is 112 Å². The minimum absolute atomic E-state index is 0.497. The van der Waals surface area contributed by atoms with Gasteiger partial charge in [-0.1, -0.05) is 50.1 Å². The Morgan fingerprint density at radius 2 is 1.94 bits per heavy atom. The zero-order valence-electron chi connectivity index (χ0n) is 11.5. The molecule has 0 amide bonds. The molecule has 1 N–H and O–H groups in total. The third-order valence-electron chi connectivity index (χ3n) is 3.19. The highest BCUT2D eigenvalue weighted by Crippen LogP contribution is 2.19. The predicted octanol–water partition coefficient (Wildman–Crippen LogP) is 4.31. The van der Waals surface area contributed by atoms with E-state index in [9.17, 15) is 0 Å². The van der Waals surface area contributed by atoms with Gasteiger partial charge in [0.05, 0.1) is 0 Å². The summed E-state index contributed by atoms with van der Waals surface area (Å²) in [6, 6.07) is 11.2. The number of hydrogen-bond donors (Lipinski definition) is 1. The fraction of sp³-hybridized carbons (Fsp3) is 0.529. The lowest BCUT2D eigenvalue weighted by Crippen LogP contribution is -2.22. The molecular formula is C17H25N. The Morgan fingerprint density at radius 1 is 1.17 bits per heavy atom. The van der Waals surface area contributed by atoms with Crippen LogP contribution in [0.4, 0.5) is 0 Å². The van der Waals surface area contributed by atoms with Gasteiger partial charge in [0, 0.05) is 12.5 Å². The topological polar surface area (TPSA) is 12.0 Å². The molecule has 1 rings (SSSR count). The maximum absolute atomic E-state index is 5.26. The summed E-state index contributed by atoms with van der Waals surface area (Å²) < 4.78 is 0. The largest absolute Gasteiger partial charge is 0.310 e. The van der Waals surface area contributed by atoms with Gasteiger partial charge in [0.2, 0.25) is 0 Å². The average molecular weight is 243 g/mol. The molecule has 1 nitrogen and oxygen atoms in total. The van der Waals surface area contributed by atoms with Crippen molar-refractivity contribution < 1.29 is 0 Å². The molecule has 0 aliphatic rings. The van der Waals surface area contributed by atoms with Gasteiger partial charge in [-0.05, 0) is 31.4 Å². The molecule has 0 fully saturated rings. The van der Waals surface area contributed by atoms with E-state index < -0.39 is 0 Å². The second-order valence-corrected chi connectivity index (χ2v) is 4.72. The van der Waals surface area contributed by atoms with Gasteiger partial charge in [-0.25, -0.2) is 0 Å². The number of terminal acetylenes is 1. The molecule has 1 unspecified atom stereocenters. The van der Waals surface area contributed by atoms with Gasteiger partial charge in [-0.2, -0.15) is 0 Å². The van der Waals surface area contributed by atoms with Crippen molar-refractivity contribution in [2.75, 3.05) is 6.54 Å². The van der Waals surface area contributed by atoms with Crippen molar-refractivity contribution in [2.45, 2.75) is 51.5 Å². The van der Waals surface area contributed by atoms with Crippen LogP contribution in [0.25, 0.3) is 0 Å². The highest BCUT2D eigenvalue weighted by atomic mass is 14.9. The van der Waals surface area contributed by atoms with E-state index in [-0.39, 0.29) is 0 Å². The monoisotopic (exact) mass is 243 g/mol. The van der Waals surface area contributed by atoms with Crippen LogP contribution in [0.5, 0.6) is 0 Å². The molecule has 0 aliphatic carbocycles. The first kappa shape index (κ1) is 14.8. The fourth-order valence-corrected chi connectivity index (χ4v) is 2.11. The molecule has 0 aliphatic heterocycles. The van der Waals surface area contributed by atoms with Crippen LogP contribution in [0.1, 0.15) is 57.1 Å². The van der Waals surface area contributed by atoms with Gasteiger partial charge in [0.15, 0.2) is 0 Å². The van der Waals surface area contributed by atoms with E-state index in [2.05, 4.69) is 48.5 Å². The third kappa shape index (κ3) is 5.89. The quantitative estimate of drug-likeness (QED) is 0.503. The van der Waals surface area contributed by atoms with Crippen LogP contribution < -0.4 is 5.32 Å². The number of benzene rings is 1. The van der Waals surface area contributed by atoms with Crippen molar-refractivity contribution in [1.29, 1.82) is 0 Å². The lowest BCUT2D eigenvalue weighted by Gasteiger charge is -2.19. The van der Waals surface area contributed by atoms with Crippen LogP contribution in [0.3, 0.4) is 0 Å². The Morgan fingerprint density at radius 3 is 2.61 bits per heavy atom. The Balaban J connectivity index is 2.39. The molecule has 0 spiro atoms. The van der Waals surface area contributed by atoms with E-state index in [1.807, 2.05) is 0 Å². The van der Waals surface area contributed by atoms with Crippen LogP contribution in [-0.2, 0) is 0 Å². The van der Waals surface area contributed by atoms with Gasteiger partial charge < -0.3 is 5.32 Å². The zero-order chi connectivity index (χ0) is 13.1. The summed E-state index contributed by atoms with van der Waals surface area (Å²) in [6.45, 7) is 3.31. The maximum atomic E-state index is 5.26. The molecule has 18 heavy (non-hydrogen) atoms. The van der Waals surface area contributed by atoms with E-state index in [0.29, 0.717) is 6.04 Å². The van der Waals surface area contributed by atoms with Crippen molar-refractivity contribution in [2.24, 2.45) is 0 Å².